The van der Waals surface area contributed by atoms with Crippen molar-refractivity contribution in [2.45, 2.75) is 33.6 Å². The number of piperidine rings is 1. The first-order valence-corrected chi connectivity index (χ1v) is 11.3. The lowest BCUT2D eigenvalue weighted by Crippen LogP contribution is -2.32. The van der Waals surface area contributed by atoms with Crippen molar-refractivity contribution < 1.29 is 9.59 Å². The fourth-order valence-corrected chi connectivity index (χ4v) is 4.50. The van der Waals surface area contributed by atoms with E-state index in [2.05, 4.69) is 35.9 Å². The predicted octanol–water partition coefficient (Wildman–Crippen LogP) is 4.92. The summed E-state index contributed by atoms with van der Waals surface area (Å²) in [7, 11) is 0. The zero-order valence-corrected chi connectivity index (χ0v) is 19.1. The number of nitrogens with zero attached hydrogens (tertiary/aromatic N) is 2. The Morgan fingerprint density at radius 3 is 2.34 bits per heavy atom. The van der Waals surface area contributed by atoms with Crippen LogP contribution in [0.3, 0.4) is 0 Å². The van der Waals surface area contributed by atoms with E-state index in [-0.39, 0.29) is 18.4 Å². The second-order valence-corrected chi connectivity index (χ2v) is 8.92. The van der Waals surface area contributed by atoms with E-state index in [4.69, 9.17) is 0 Å². The molecule has 0 saturated carbocycles. The van der Waals surface area contributed by atoms with Gasteiger partial charge in [0, 0.05) is 31.0 Å². The zero-order valence-electron chi connectivity index (χ0n) is 19.1. The first-order valence-electron chi connectivity index (χ1n) is 11.3. The highest BCUT2D eigenvalue weighted by molar-refractivity contribution is 6.36. The fourth-order valence-electron chi connectivity index (χ4n) is 4.50. The zero-order chi connectivity index (χ0) is 22.8. The van der Waals surface area contributed by atoms with Gasteiger partial charge in [-0.05, 0) is 68.0 Å². The minimum atomic E-state index is -0.320. The summed E-state index contributed by atoms with van der Waals surface area (Å²) in [6, 6.07) is 14.0. The van der Waals surface area contributed by atoms with Crippen molar-refractivity contribution in [1.29, 1.82) is 0 Å². The molecule has 2 aliphatic heterocycles. The van der Waals surface area contributed by atoms with Gasteiger partial charge in [-0.1, -0.05) is 36.8 Å². The lowest BCUT2D eigenvalue weighted by molar-refractivity contribution is -0.136. The van der Waals surface area contributed by atoms with Crippen LogP contribution in [-0.4, -0.2) is 36.3 Å². The van der Waals surface area contributed by atoms with Gasteiger partial charge in [-0.15, -0.1) is 6.58 Å². The smallest absolute Gasteiger partial charge is 0.278 e. The Labute approximate surface area is 190 Å². The van der Waals surface area contributed by atoms with Crippen molar-refractivity contribution in [3.63, 3.8) is 0 Å². The van der Waals surface area contributed by atoms with Gasteiger partial charge >= 0.3 is 0 Å². The third-order valence-electron chi connectivity index (χ3n) is 6.42. The maximum absolute atomic E-state index is 13.2. The van der Waals surface area contributed by atoms with E-state index >= 15 is 0 Å². The number of carbonyl (C=O) groups excluding carboxylic acids is 2. The number of imide groups is 1. The number of nitrogens with one attached hydrogen (secondary N) is 1. The molecule has 1 saturated heterocycles. The Bertz CT molecular complexity index is 1080. The van der Waals surface area contributed by atoms with Gasteiger partial charge in [0.05, 0.1) is 5.57 Å². The van der Waals surface area contributed by atoms with E-state index in [9.17, 15) is 9.59 Å². The van der Waals surface area contributed by atoms with Crippen molar-refractivity contribution >= 4 is 28.8 Å². The van der Waals surface area contributed by atoms with Gasteiger partial charge < -0.3 is 10.2 Å². The van der Waals surface area contributed by atoms with Gasteiger partial charge in [0.1, 0.15) is 5.70 Å². The molecule has 5 heteroatoms. The Balaban J connectivity index is 1.65. The molecular formula is C27H31N3O2. The molecule has 166 valence electrons. The van der Waals surface area contributed by atoms with E-state index < -0.39 is 0 Å². The van der Waals surface area contributed by atoms with Gasteiger partial charge in [-0.25, -0.2) is 0 Å². The Morgan fingerprint density at radius 1 is 1.03 bits per heavy atom. The van der Waals surface area contributed by atoms with Crippen LogP contribution < -0.4 is 10.2 Å². The number of hydrogen-bond acceptors (Lipinski definition) is 4. The summed E-state index contributed by atoms with van der Waals surface area (Å²) in [5.41, 5.74) is 5.58. The lowest BCUT2D eigenvalue weighted by Gasteiger charge is -2.32. The van der Waals surface area contributed by atoms with Crippen LogP contribution in [0.25, 0.3) is 5.57 Å². The summed E-state index contributed by atoms with van der Waals surface area (Å²) >= 11 is 0. The van der Waals surface area contributed by atoms with Crippen molar-refractivity contribution in [3.8, 4) is 0 Å². The molecule has 0 spiro atoms. The minimum absolute atomic E-state index is 0.184. The monoisotopic (exact) mass is 429 g/mol. The lowest BCUT2D eigenvalue weighted by atomic mass is 9.97. The van der Waals surface area contributed by atoms with E-state index in [0.29, 0.717) is 11.3 Å². The van der Waals surface area contributed by atoms with Gasteiger partial charge in [-0.2, -0.15) is 0 Å². The summed E-state index contributed by atoms with van der Waals surface area (Å²) < 4.78 is 0. The standard InChI is InChI=1S/C27H31N3O2/c1-5-14-30-26(31)24(23-11-6-19(3)17-20(23)4)25(27(30)32)28-21-7-9-22(10-8-21)29-15-12-18(2)13-16-29/h5-11,17-18,28H,1,12-16H2,2-4H3. The molecule has 0 bridgehead atoms. The molecule has 4 rings (SSSR count). The van der Waals surface area contributed by atoms with E-state index in [1.54, 1.807) is 6.08 Å². The molecule has 1 fully saturated rings. The summed E-state index contributed by atoms with van der Waals surface area (Å²) in [6.45, 7) is 12.3. The SMILES string of the molecule is C=CCN1C(=O)C(Nc2ccc(N3CCC(C)CC3)cc2)=C(c2ccc(C)cc2C)C1=O. The van der Waals surface area contributed by atoms with Crippen LogP contribution in [0.5, 0.6) is 0 Å². The molecule has 2 aromatic rings. The third kappa shape index (κ3) is 4.20. The number of benzene rings is 2. The second-order valence-electron chi connectivity index (χ2n) is 8.92. The third-order valence-corrected chi connectivity index (χ3v) is 6.42. The molecule has 0 aliphatic carbocycles. The van der Waals surface area contributed by atoms with Crippen LogP contribution in [-0.2, 0) is 9.59 Å². The van der Waals surface area contributed by atoms with Crippen LogP contribution in [0.4, 0.5) is 11.4 Å². The summed E-state index contributed by atoms with van der Waals surface area (Å²) in [4.78, 5) is 30.0. The van der Waals surface area contributed by atoms with E-state index in [0.717, 1.165) is 41.4 Å². The molecule has 2 aliphatic rings. The summed E-state index contributed by atoms with van der Waals surface area (Å²) in [5.74, 6) is 0.176. The molecular weight excluding hydrogens is 398 g/mol. The Morgan fingerprint density at radius 2 is 1.72 bits per heavy atom. The molecule has 2 amide bonds. The van der Waals surface area contributed by atoms with Crippen LogP contribution in [0.1, 0.15) is 36.5 Å². The highest BCUT2D eigenvalue weighted by atomic mass is 16.2. The molecule has 0 radical (unpaired) electrons. The molecule has 1 N–H and O–H groups in total. The number of aryl methyl sites for hydroxylation is 2. The largest absolute Gasteiger partial charge is 0.372 e. The number of hydrogen-bond donors (Lipinski definition) is 1. The van der Waals surface area contributed by atoms with E-state index in [1.165, 1.54) is 23.4 Å². The quantitative estimate of drug-likeness (QED) is 0.523. The highest BCUT2D eigenvalue weighted by Crippen LogP contribution is 2.33. The molecule has 5 nitrogen and oxygen atoms in total. The first kappa shape index (κ1) is 21.9. The summed E-state index contributed by atoms with van der Waals surface area (Å²) in [6.07, 6.45) is 4.00. The number of anilines is 2. The number of carbonyl (C=O) groups is 2. The second kappa shape index (κ2) is 9.03. The highest BCUT2D eigenvalue weighted by Gasteiger charge is 2.39. The Hall–Kier alpha value is -3.34. The number of amides is 2. The van der Waals surface area contributed by atoms with Crippen LogP contribution in [0.15, 0.2) is 60.8 Å². The van der Waals surface area contributed by atoms with Gasteiger partial charge in [0.2, 0.25) is 0 Å². The van der Waals surface area contributed by atoms with Crippen LogP contribution >= 0.6 is 0 Å². The van der Waals surface area contributed by atoms with Gasteiger partial charge in [0.15, 0.2) is 0 Å². The maximum Gasteiger partial charge on any atom is 0.278 e. The molecule has 0 aromatic heterocycles. The molecule has 2 heterocycles. The molecule has 32 heavy (non-hydrogen) atoms. The molecule has 2 aromatic carbocycles. The van der Waals surface area contributed by atoms with Crippen molar-refractivity contribution in [2.24, 2.45) is 5.92 Å². The van der Waals surface area contributed by atoms with Crippen LogP contribution in [0.2, 0.25) is 0 Å². The van der Waals surface area contributed by atoms with Crippen molar-refractivity contribution in [3.05, 3.63) is 77.5 Å². The van der Waals surface area contributed by atoms with Gasteiger partial charge in [0.25, 0.3) is 11.8 Å². The number of rotatable bonds is 6. The van der Waals surface area contributed by atoms with Crippen molar-refractivity contribution in [1.82, 2.24) is 4.90 Å². The topological polar surface area (TPSA) is 52.7 Å². The van der Waals surface area contributed by atoms with Crippen molar-refractivity contribution in [2.75, 3.05) is 29.9 Å². The minimum Gasteiger partial charge on any atom is -0.372 e. The average Bonchev–Trinajstić information content (AvgIpc) is 3.00. The first-order chi connectivity index (χ1) is 15.4. The predicted molar refractivity (Wildman–Crippen MR) is 130 cm³/mol. The normalized spacial score (nSPS) is 17.3. The van der Waals surface area contributed by atoms with Crippen LogP contribution in [0, 0.1) is 19.8 Å². The molecule has 0 unspecified atom stereocenters. The fraction of sp³-hybridized carbons (Fsp3) is 0.333. The Kier molecular flexibility index (Phi) is 6.17. The van der Waals surface area contributed by atoms with E-state index in [1.807, 2.05) is 44.2 Å². The molecule has 0 atom stereocenters. The maximum atomic E-state index is 13.2. The van der Waals surface area contributed by atoms with Gasteiger partial charge in [-0.3, -0.25) is 14.5 Å². The summed E-state index contributed by atoms with van der Waals surface area (Å²) in [5, 5.41) is 3.25. The average molecular weight is 430 g/mol.